The lowest BCUT2D eigenvalue weighted by Gasteiger charge is -2.08. The maximum atomic E-state index is 12.1. The first-order valence-electron chi connectivity index (χ1n) is 6.53. The maximum absolute atomic E-state index is 12.1. The fraction of sp³-hybridized carbons (Fsp3) is 0.231. The third kappa shape index (κ3) is 4.56. The van der Waals surface area contributed by atoms with E-state index >= 15 is 0 Å². The molecule has 11 heteroatoms. The van der Waals surface area contributed by atoms with Crippen LogP contribution < -0.4 is 14.2 Å². The quantitative estimate of drug-likeness (QED) is 0.614. The summed E-state index contributed by atoms with van der Waals surface area (Å²) < 4.78 is 47.1. The van der Waals surface area contributed by atoms with Crippen molar-refractivity contribution in [3.63, 3.8) is 0 Å². The second kappa shape index (κ2) is 7.22. The van der Waals surface area contributed by atoms with E-state index in [-0.39, 0.29) is 4.21 Å². The van der Waals surface area contributed by atoms with Crippen LogP contribution in [0.25, 0.3) is 10.4 Å². The molecule has 1 aromatic heterocycles. The van der Waals surface area contributed by atoms with Crippen molar-refractivity contribution in [1.82, 2.24) is 4.72 Å². The van der Waals surface area contributed by atoms with E-state index in [0.717, 1.165) is 16.9 Å². The van der Waals surface area contributed by atoms with E-state index in [1.807, 2.05) is 4.72 Å². The van der Waals surface area contributed by atoms with Crippen LogP contribution in [0.1, 0.15) is 0 Å². The Balaban J connectivity index is 2.29. The number of sulfonamides is 1. The van der Waals surface area contributed by atoms with Gasteiger partial charge in [0.15, 0.2) is 11.5 Å². The molecule has 0 saturated carbocycles. The number of rotatable bonds is 7. The fourth-order valence-corrected chi connectivity index (χ4v) is 5.21. The van der Waals surface area contributed by atoms with E-state index in [1.165, 1.54) is 20.3 Å². The Labute approximate surface area is 143 Å². The van der Waals surface area contributed by atoms with E-state index in [4.69, 9.17) is 19.3 Å². The summed E-state index contributed by atoms with van der Waals surface area (Å²) in [6, 6.07) is 8.15. The highest BCUT2D eigenvalue weighted by atomic mass is 32.2. The minimum absolute atomic E-state index is 0.0410. The number of methoxy groups -OCH3 is 2. The summed E-state index contributed by atoms with van der Waals surface area (Å²) in [4.78, 5) is 18.2. The van der Waals surface area contributed by atoms with Gasteiger partial charge in [-0.05, 0) is 35.9 Å². The summed E-state index contributed by atoms with van der Waals surface area (Å²) in [5.74, 6) is 1.06. The average Bonchev–Trinajstić information content (AvgIpc) is 3.02. The molecular weight excluding hydrogens is 377 g/mol. The molecule has 0 unspecified atom stereocenters. The third-order valence-corrected chi connectivity index (χ3v) is 6.79. The Kier molecular flexibility index (Phi) is 5.69. The first kappa shape index (κ1) is 18.9. The van der Waals surface area contributed by atoms with Crippen molar-refractivity contribution < 1.29 is 32.2 Å². The number of ether oxygens (including phenoxy) is 2. The van der Waals surface area contributed by atoms with Gasteiger partial charge in [-0.2, -0.15) is 4.72 Å². The van der Waals surface area contributed by atoms with Crippen molar-refractivity contribution in [1.29, 1.82) is 0 Å². The van der Waals surface area contributed by atoms with E-state index in [2.05, 4.69) is 0 Å². The Morgan fingerprint density at radius 2 is 1.79 bits per heavy atom. The molecule has 8 nitrogen and oxygen atoms in total. The second-order valence-electron chi connectivity index (χ2n) is 4.66. The zero-order chi connectivity index (χ0) is 18.0. The highest BCUT2D eigenvalue weighted by molar-refractivity contribution is 7.92. The number of thiophene rings is 1. The van der Waals surface area contributed by atoms with Gasteiger partial charge in [-0.15, -0.1) is 11.3 Å². The summed E-state index contributed by atoms with van der Waals surface area (Å²) in [6.45, 7) is 0. The molecule has 24 heavy (non-hydrogen) atoms. The average molecular weight is 393 g/mol. The minimum Gasteiger partial charge on any atom is -0.493 e. The summed E-state index contributed by atoms with van der Waals surface area (Å²) in [5, 5.41) is 0. The first-order valence-corrected chi connectivity index (χ1v) is 10.6. The van der Waals surface area contributed by atoms with Crippen LogP contribution in [0.5, 0.6) is 11.5 Å². The van der Waals surface area contributed by atoms with E-state index in [1.54, 1.807) is 24.3 Å². The SMILES string of the molecule is COc1ccc(-c2ccc(S(=O)(=O)NCP(=O)(O)O)s2)cc1OC. The van der Waals surface area contributed by atoms with Crippen molar-refractivity contribution in [2.24, 2.45) is 0 Å². The van der Waals surface area contributed by atoms with Gasteiger partial charge in [-0.1, -0.05) is 0 Å². The number of nitrogens with one attached hydrogen (secondary N) is 1. The van der Waals surface area contributed by atoms with Crippen LogP contribution in [0.3, 0.4) is 0 Å². The van der Waals surface area contributed by atoms with Gasteiger partial charge < -0.3 is 19.3 Å². The number of hydrogen-bond donors (Lipinski definition) is 3. The molecule has 0 aliphatic carbocycles. The molecule has 132 valence electrons. The summed E-state index contributed by atoms with van der Waals surface area (Å²) in [6.07, 6.45) is -0.946. The molecule has 0 radical (unpaired) electrons. The molecular formula is C13H16NO7PS2. The molecule has 0 atom stereocenters. The molecule has 0 aliphatic heterocycles. The summed E-state index contributed by atoms with van der Waals surface area (Å²) >= 11 is 0.976. The lowest BCUT2D eigenvalue weighted by molar-refractivity contribution is 0.355. The minimum atomic E-state index is -4.47. The molecule has 0 spiro atoms. The number of benzene rings is 1. The highest BCUT2D eigenvalue weighted by Gasteiger charge is 2.22. The van der Waals surface area contributed by atoms with Crippen LogP contribution in [-0.4, -0.2) is 38.7 Å². The maximum Gasteiger partial charge on any atom is 0.340 e. The van der Waals surface area contributed by atoms with Crippen LogP contribution >= 0.6 is 18.9 Å². The molecule has 1 heterocycles. The van der Waals surface area contributed by atoms with Crippen LogP contribution in [0.2, 0.25) is 0 Å². The topological polar surface area (TPSA) is 122 Å². The monoisotopic (exact) mass is 393 g/mol. The molecule has 0 fully saturated rings. The summed E-state index contributed by atoms with van der Waals surface area (Å²) in [5.41, 5.74) is 0.731. The lowest BCUT2D eigenvalue weighted by atomic mass is 10.1. The molecule has 3 N–H and O–H groups in total. The molecule has 2 aromatic rings. The van der Waals surface area contributed by atoms with Gasteiger partial charge >= 0.3 is 7.60 Å². The summed E-state index contributed by atoms with van der Waals surface area (Å²) in [7, 11) is -5.45. The van der Waals surface area contributed by atoms with Crippen molar-refractivity contribution in [3.8, 4) is 21.9 Å². The Hall–Kier alpha value is -1.42. The largest absolute Gasteiger partial charge is 0.493 e. The molecule has 0 bridgehead atoms. The molecule has 0 amide bonds. The van der Waals surface area contributed by atoms with Crippen molar-refractivity contribution in [2.45, 2.75) is 4.21 Å². The predicted octanol–water partition coefficient (Wildman–Crippen LogP) is 1.85. The van der Waals surface area contributed by atoms with Crippen molar-refractivity contribution >= 4 is 29.0 Å². The van der Waals surface area contributed by atoms with Crippen molar-refractivity contribution in [2.75, 3.05) is 20.5 Å². The molecule has 2 rings (SSSR count). The van der Waals surface area contributed by atoms with Gasteiger partial charge in [-0.25, -0.2) is 8.42 Å². The molecule has 0 aliphatic rings. The Morgan fingerprint density at radius 3 is 2.38 bits per heavy atom. The smallest absolute Gasteiger partial charge is 0.340 e. The Bertz CT molecular complexity index is 872. The van der Waals surface area contributed by atoms with E-state index in [9.17, 15) is 13.0 Å². The Morgan fingerprint density at radius 1 is 1.12 bits per heavy atom. The van der Waals surface area contributed by atoms with Crippen LogP contribution in [0, 0.1) is 0 Å². The van der Waals surface area contributed by atoms with E-state index < -0.39 is 23.9 Å². The van der Waals surface area contributed by atoms with Gasteiger partial charge in [-0.3, -0.25) is 4.57 Å². The van der Waals surface area contributed by atoms with Crippen molar-refractivity contribution in [3.05, 3.63) is 30.3 Å². The van der Waals surface area contributed by atoms with Gasteiger partial charge in [0.1, 0.15) is 10.5 Å². The standard InChI is InChI=1S/C13H16NO7PS2/c1-20-10-4-3-9(7-11(10)21-2)12-5-6-13(23-12)24(18,19)14-8-22(15,16)17/h3-7,14H,8H2,1-2H3,(H2,15,16,17). The highest BCUT2D eigenvalue weighted by Crippen LogP contribution is 2.37. The van der Waals surface area contributed by atoms with Crippen LogP contribution in [0.4, 0.5) is 0 Å². The van der Waals surface area contributed by atoms with Crippen LogP contribution in [0.15, 0.2) is 34.5 Å². The lowest BCUT2D eigenvalue weighted by Crippen LogP contribution is -2.23. The fourth-order valence-electron chi connectivity index (χ4n) is 1.85. The van der Waals surface area contributed by atoms with Gasteiger partial charge in [0.05, 0.1) is 14.2 Å². The zero-order valence-electron chi connectivity index (χ0n) is 12.8. The van der Waals surface area contributed by atoms with Gasteiger partial charge in [0.25, 0.3) is 10.0 Å². The van der Waals surface area contributed by atoms with Crippen LogP contribution in [-0.2, 0) is 14.6 Å². The van der Waals surface area contributed by atoms with Gasteiger partial charge in [0.2, 0.25) is 0 Å². The third-order valence-electron chi connectivity index (χ3n) is 2.97. The predicted molar refractivity (Wildman–Crippen MR) is 90.1 cm³/mol. The molecule has 0 saturated heterocycles. The number of hydrogen-bond acceptors (Lipinski definition) is 6. The van der Waals surface area contributed by atoms with Gasteiger partial charge in [0, 0.05) is 4.88 Å². The normalized spacial score (nSPS) is 12.2. The molecule has 1 aromatic carbocycles. The zero-order valence-corrected chi connectivity index (χ0v) is 15.3. The van der Waals surface area contributed by atoms with E-state index in [0.29, 0.717) is 16.4 Å². The first-order chi connectivity index (χ1) is 11.2. The second-order valence-corrected chi connectivity index (χ2v) is 9.38.